The Hall–Kier alpha value is 0.170. The summed E-state index contributed by atoms with van der Waals surface area (Å²) < 4.78 is 0. The Balaban J connectivity index is 2.01. The molecule has 0 bridgehead atoms. The van der Waals surface area contributed by atoms with E-state index < -0.39 is 0 Å². The highest BCUT2D eigenvalue weighted by atomic mass is 35.5. The van der Waals surface area contributed by atoms with Crippen LogP contribution in [0.15, 0.2) is 0 Å². The first-order valence-electron chi connectivity index (χ1n) is 4.45. The number of hydrogen-bond donors (Lipinski definition) is 0. The predicted octanol–water partition coefficient (Wildman–Crippen LogP) is 0.794. The molecule has 0 aromatic carbocycles. The Morgan fingerprint density at radius 3 is 2.50 bits per heavy atom. The van der Waals surface area contributed by atoms with Gasteiger partial charge >= 0.3 is 0 Å². The van der Waals surface area contributed by atoms with Crippen molar-refractivity contribution in [3.63, 3.8) is 0 Å². The van der Waals surface area contributed by atoms with Crippen LogP contribution in [0.1, 0.15) is 6.42 Å². The zero-order valence-corrected chi connectivity index (χ0v) is 8.39. The maximum atomic E-state index is 5.54. The molecule has 72 valence electrons. The highest BCUT2D eigenvalue weighted by Gasteiger charge is 2.13. The van der Waals surface area contributed by atoms with Crippen LogP contribution in [0, 0.1) is 0 Å². The second kappa shape index (κ2) is 5.75. The zero-order valence-electron chi connectivity index (χ0n) is 7.63. The van der Waals surface area contributed by atoms with E-state index in [0.717, 1.165) is 39.2 Å². The smallest absolute Gasteiger partial charge is 0.0696 e. The summed E-state index contributed by atoms with van der Waals surface area (Å²) in [7, 11) is 2.14. The molecule has 4 heteroatoms. The van der Waals surface area contributed by atoms with Crippen molar-refractivity contribution in [3.05, 3.63) is 0 Å². The summed E-state index contributed by atoms with van der Waals surface area (Å²) in [5.41, 5.74) is 0. The first-order chi connectivity index (χ1) is 5.83. The minimum absolute atomic E-state index is 0.688. The number of halogens is 1. The van der Waals surface area contributed by atoms with Gasteiger partial charge in [0.1, 0.15) is 0 Å². The van der Waals surface area contributed by atoms with E-state index in [1.165, 1.54) is 0 Å². The molecule has 1 aliphatic heterocycles. The molecule has 3 nitrogen and oxygen atoms in total. The van der Waals surface area contributed by atoms with Gasteiger partial charge in [0.05, 0.1) is 6.61 Å². The van der Waals surface area contributed by atoms with E-state index in [4.69, 9.17) is 16.4 Å². The van der Waals surface area contributed by atoms with Gasteiger partial charge in [0.15, 0.2) is 0 Å². The number of piperazine rings is 1. The molecule has 0 saturated carbocycles. The summed E-state index contributed by atoms with van der Waals surface area (Å²) in [4.78, 5) is 7.80. The number of likely N-dealkylation sites (N-methyl/N-ethyl adjacent to an activating group) is 1. The number of hydroxylamine groups is 2. The largest absolute Gasteiger partial charge is 0.304 e. The number of nitrogens with zero attached hydrogens (tertiary/aromatic N) is 2. The van der Waals surface area contributed by atoms with E-state index in [0.29, 0.717) is 5.88 Å². The third kappa shape index (κ3) is 3.72. The lowest BCUT2D eigenvalue weighted by Crippen LogP contribution is -2.44. The number of alkyl halides is 1. The van der Waals surface area contributed by atoms with Crippen molar-refractivity contribution in [1.29, 1.82) is 0 Å². The Bertz CT molecular complexity index is 116. The molecule has 0 aromatic heterocycles. The Morgan fingerprint density at radius 2 is 1.92 bits per heavy atom. The first-order valence-corrected chi connectivity index (χ1v) is 4.99. The van der Waals surface area contributed by atoms with Gasteiger partial charge in [-0.2, -0.15) is 5.06 Å². The van der Waals surface area contributed by atoms with Crippen LogP contribution >= 0.6 is 11.6 Å². The average molecular weight is 193 g/mol. The minimum Gasteiger partial charge on any atom is -0.304 e. The maximum absolute atomic E-state index is 5.54. The summed E-state index contributed by atoms with van der Waals surface area (Å²) in [6.07, 6.45) is 0.938. The molecule has 0 spiro atoms. The van der Waals surface area contributed by atoms with Crippen molar-refractivity contribution < 1.29 is 4.84 Å². The van der Waals surface area contributed by atoms with E-state index in [1.807, 2.05) is 5.06 Å². The van der Waals surface area contributed by atoms with E-state index in [9.17, 15) is 0 Å². The fourth-order valence-corrected chi connectivity index (χ4v) is 1.27. The SMILES string of the molecule is CN1CCN(OCCCCl)CC1. The molecule has 12 heavy (non-hydrogen) atoms. The lowest BCUT2D eigenvalue weighted by atomic mass is 10.4. The maximum Gasteiger partial charge on any atom is 0.0696 e. The summed E-state index contributed by atoms with van der Waals surface area (Å²) in [6, 6.07) is 0. The highest BCUT2D eigenvalue weighted by Crippen LogP contribution is 2.00. The van der Waals surface area contributed by atoms with E-state index in [1.54, 1.807) is 0 Å². The molecule has 1 rings (SSSR count). The summed E-state index contributed by atoms with van der Waals surface area (Å²) >= 11 is 5.54. The molecule has 0 unspecified atom stereocenters. The number of rotatable bonds is 4. The van der Waals surface area contributed by atoms with Crippen molar-refractivity contribution >= 4 is 11.6 Å². The molecule has 0 atom stereocenters. The highest BCUT2D eigenvalue weighted by molar-refractivity contribution is 6.17. The molecule has 1 fully saturated rings. The zero-order chi connectivity index (χ0) is 8.81. The molecule has 0 amide bonds. The van der Waals surface area contributed by atoms with Crippen LogP contribution in [0.25, 0.3) is 0 Å². The summed E-state index contributed by atoms with van der Waals surface area (Å²) in [5.74, 6) is 0.688. The lowest BCUT2D eigenvalue weighted by molar-refractivity contribution is -0.174. The molecule has 1 heterocycles. The third-order valence-corrected chi connectivity index (χ3v) is 2.28. The van der Waals surface area contributed by atoms with Gasteiger partial charge < -0.3 is 4.90 Å². The number of hydrogen-bond acceptors (Lipinski definition) is 3. The summed E-state index contributed by atoms with van der Waals surface area (Å²) in [5, 5.41) is 2.03. The normalized spacial score (nSPS) is 21.5. The second-order valence-corrected chi connectivity index (χ2v) is 3.49. The standard InChI is InChI=1S/C8H17ClN2O/c1-10-4-6-11(7-5-10)12-8-2-3-9/h2-8H2,1H3. The van der Waals surface area contributed by atoms with Crippen LogP contribution in [-0.4, -0.2) is 55.7 Å². The van der Waals surface area contributed by atoms with E-state index >= 15 is 0 Å². The minimum atomic E-state index is 0.688. The average Bonchev–Trinajstić information content (AvgIpc) is 2.09. The molecule has 0 aliphatic carbocycles. The van der Waals surface area contributed by atoms with Crippen LogP contribution < -0.4 is 0 Å². The van der Waals surface area contributed by atoms with Crippen LogP contribution in [0.4, 0.5) is 0 Å². The van der Waals surface area contributed by atoms with Crippen molar-refractivity contribution in [1.82, 2.24) is 9.96 Å². The fraction of sp³-hybridized carbons (Fsp3) is 1.00. The lowest BCUT2D eigenvalue weighted by Gasteiger charge is -2.31. The van der Waals surface area contributed by atoms with Gasteiger partial charge in [-0.1, -0.05) is 0 Å². The van der Waals surface area contributed by atoms with Gasteiger partial charge in [0.2, 0.25) is 0 Å². The van der Waals surface area contributed by atoms with Crippen LogP contribution in [0.2, 0.25) is 0 Å². The molecule has 1 saturated heterocycles. The first kappa shape index (κ1) is 10.3. The molecule has 0 radical (unpaired) electrons. The Labute approximate surface area is 79.2 Å². The van der Waals surface area contributed by atoms with E-state index in [-0.39, 0.29) is 0 Å². The monoisotopic (exact) mass is 192 g/mol. The van der Waals surface area contributed by atoms with Crippen molar-refractivity contribution in [2.45, 2.75) is 6.42 Å². The van der Waals surface area contributed by atoms with Crippen molar-refractivity contribution in [2.75, 3.05) is 45.7 Å². The summed E-state index contributed by atoms with van der Waals surface area (Å²) in [6.45, 7) is 4.98. The van der Waals surface area contributed by atoms with Gasteiger partial charge in [-0.15, -0.1) is 11.6 Å². The second-order valence-electron chi connectivity index (χ2n) is 3.11. The molecule has 0 N–H and O–H groups in total. The molecule has 1 aliphatic rings. The van der Waals surface area contributed by atoms with Crippen LogP contribution in [0.5, 0.6) is 0 Å². The molecule has 0 aromatic rings. The van der Waals surface area contributed by atoms with Gasteiger partial charge in [-0.05, 0) is 13.5 Å². The van der Waals surface area contributed by atoms with Crippen LogP contribution in [-0.2, 0) is 4.84 Å². The van der Waals surface area contributed by atoms with Crippen molar-refractivity contribution in [2.24, 2.45) is 0 Å². The van der Waals surface area contributed by atoms with Gasteiger partial charge in [0.25, 0.3) is 0 Å². The van der Waals surface area contributed by atoms with Crippen molar-refractivity contribution in [3.8, 4) is 0 Å². The Kier molecular flexibility index (Phi) is 4.92. The fourth-order valence-electron chi connectivity index (χ4n) is 1.17. The quantitative estimate of drug-likeness (QED) is 0.484. The van der Waals surface area contributed by atoms with Crippen LogP contribution in [0.3, 0.4) is 0 Å². The predicted molar refractivity (Wildman–Crippen MR) is 50.4 cm³/mol. The molecular formula is C8H17ClN2O. The third-order valence-electron chi connectivity index (χ3n) is 2.01. The molecular weight excluding hydrogens is 176 g/mol. The topological polar surface area (TPSA) is 15.7 Å². The van der Waals surface area contributed by atoms with Gasteiger partial charge in [0, 0.05) is 32.1 Å². The van der Waals surface area contributed by atoms with Gasteiger partial charge in [-0.3, -0.25) is 4.84 Å². The van der Waals surface area contributed by atoms with Gasteiger partial charge in [-0.25, -0.2) is 0 Å². The Morgan fingerprint density at radius 1 is 1.25 bits per heavy atom. The van der Waals surface area contributed by atoms with E-state index in [2.05, 4.69) is 11.9 Å².